The number of hydrogen-bond donors (Lipinski definition) is 1. The first-order valence-electron chi connectivity index (χ1n) is 4.67. The highest BCUT2D eigenvalue weighted by molar-refractivity contribution is 5.78. The van der Waals surface area contributed by atoms with Crippen molar-refractivity contribution in [1.29, 1.82) is 0 Å². The molecule has 0 saturated carbocycles. The molecule has 1 amide bonds. The van der Waals surface area contributed by atoms with E-state index in [0.29, 0.717) is 6.42 Å². The molecular weight excluding hydrogens is 154 g/mol. The number of nitrogens with zero attached hydrogens (tertiary/aromatic N) is 1. The fourth-order valence-electron chi connectivity index (χ4n) is 2.37. The molecule has 2 atom stereocenters. The second-order valence-corrected chi connectivity index (χ2v) is 3.97. The Hall–Kier alpha value is -0.570. The quantitative estimate of drug-likeness (QED) is 0.580. The molecule has 0 radical (unpaired) electrons. The van der Waals surface area contributed by atoms with Crippen LogP contribution in [0.25, 0.3) is 0 Å². The van der Waals surface area contributed by atoms with Gasteiger partial charge in [0.25, 0.3) is 0 Å². The molecule has 0 bridgehead atoms. The second-order valence-electron chi connectivity index (χ2n) is 3.97. The van der Waals surface area contributed by atoms with Gasteiger partial charge in [-0.3, -0.25) is 4.79 Å². The highest BCUT2D eigenvalue weighted by Gasteiger charge is 2.48. The number of piperidine rings is 1. The lowest BCUT2D eigenvalue weighted by Gasteiger charge is -2.40. The van der Waals surface area contributed by atoms with Crippen molar-refractivity contribution in [3.8, 4) is 0 Å². The second kappa shape index (κ2) is 2.46. The molecule has 1 N–H and O–H groups in total. The molecule has 2 aliphatic rings. The molecule has 0 aromatic rings. The lowest BCUT2D eigenvalue weighted by atomic mass is 9.90. The van der Waals surface area contributed by atoms with E-state index in [1.54, 1.807) is 4.90 Å². The molecule has 2 rings (SSSR count). The summed E-state index contributed by atoms with van der Waals surface area (Å²) in [6.45, 7) is 2.77. The van der Waals surface area contributed by atoms with Gasteiger partial charge in [-0.2, -0.15) is 0 Å². The predicted octanol–water partition coefficient (Wildman–Crippen LogP) is 0.727. The van der Waals surface area contributed by atoms with Crippen LogP contribution in [-0.2, 0) is 4.79 Å². The molecule has 68 valence electrons. The Morgan fingerprint density at radius 2 is 2.42 bits per heavy atom. The minimum atomic E-state index is -0.796. The molecule has 0 spiro atoms. The van der Waals surface area contributed by atoms with Gasteiger partial charge in [0.15, 0.2) is 0 Å². The molecule has 2 unspecified atom stereocenters. The van der Waals surface area contributed by atoms with Gasteiger partial charge in [-0.1, -0.05) is 6.92 Å². The van der Waals surface area contributed by atoms with Gasteiger partial charge in [0, 0.05) is 18.9 Å². The van der Waals surface area contributed by atoms with Crippen molar-refractivity contribution in [2.75, 3.05) is 6.54 Å². The predicted molar refractivity (Wildman–Crippen MR) is 44.3 cm³/mol. The maximum atomic E-state index is 11.4. The summed E-state index contributed by atoms with van der Waals surface area (Å²) in [6.07, 6.45) is 3.17. The SMILES string of the molecule is CC1CCN2C(=O)CCCC12O. The first-order valence-corrected chi connectivity index (χ1v) is 4.67. The highest BCUT2D eigenvalue weighted by Crippen LogP contribution is 2.39. The van der Waals surface area contributed by atoms with Crippen molar-refractivity contribution in [2.45, 2.75) is 38.3 Å². The number of hydrogen-bond acceptors (Lipinski definition) is 2. The number of fused-ring (bicyclic) bond motifs is 1. The lowest BCUT2D eigenvalue weighted by molar-refractivity contribution is -0.168. The Labute approximate surface area is 72.4 Å². The van der Waals surface area contributed by atoms with Crippen molar-refractivity contribution in [2.24, 2.45) is 5.92 Å². The van der Waals surface area contributed by atoms with E-state index in [1.807, 2.05) is 6.92 Å². The molecule has 0 aromatic carbocycles. The number of aliphatic hydroxyl groups is 1. The molecule has 2 heterocycles. The molecule has 12 heavy (non-hydrogen) atoms. The van der Waals surface area contributed by atoms with Gasteiger partial charge in [0.1, 0.15) is 5.72 Å². The van der Waals surface area contributed by atoms with Crippen molar-refractivity contribution in [3.05, 3.63) is 0 Å². The van der Waals surface area contributed by atoms with Crippen LogP contribution in [0.5, 0.6) is 0 Å². The van der Waals surface area contributed by atoms with Gasteiger partial charge in [-0.15, -0.1) is 0 Å². The van der Waals surface area contributed by atoms with Crippen LogP contribution in [0.1, 0.15) is 32.6 Å². The van der Waals surface area contributed by atoms with Gasteiger partial charge in [0.05, 0.1) is 0 Å². The maximum Gasteiger partial charge on any atom is 0.224 e. The average Bonchev–Trinajstić information content (AvgIpc) is 2.30. The van der Waals surface area contributed by atoms with Crippen molar-refractivity contribution in [1.82, 2.24) is 4.90 Å². The van der Waals surface area contributed by atoms with Crippen LogP contribution in [0, 0.1) is 5.92 Å². The third-order valence-corrected chi connectivity index (χ3v) is 3.28. The van der Waals surface area contributed by atoms with Crippen molar-refractivity contribution >= 4 is 5.91 Å². The molecular formula is C9H15NO2. The zero-order chi connectivity index (χ0) is 8.77. The number of carbonyl (C=O) groups is 1. The van der Waals surface area contributed by atoms with E-state index in [4.69, 9.17) is 0 Å². The number of rotatable bonds is 0. The normalized spacial score (nSPS) is 41.7. The van der Waals surface area contributed by atoms with E-state index in [-0.39, 0.29) is 11.8 Å². The fraction of sp³-hybridized carbons (Fsp3) is 0.889. The Balaban J connectivity index is 2.26. The first kappa shape index (κ1) is 8.05. The minimum absolute atomic E-state index is 0.133. The van der Waals surface area contributed by atoms with Crippen LogP contribution in [0.3, 0.4) is 0 Å². The molecule has 2 saturated heterocycles. The van der Waals surface area contributed by atoms with Crippen LogP contribution in [0.2, 0.25) is 0 Å². The van der Waals surface area contributed by atoms with Crippen molar-refractivity contribution in [3.63, 3.8) is 0 Å². The average molecular weight is 169 g/mol. The van der Waals surface area contributed by atoms with Gasteiger partial charge < -0.3 is 10.0 Å². The maximum absolute atomic E-state index is 11.4. The van der Waals surface area contributed by atoms with E-state index < -0.39 is 5.72 Å². The van der Waals surface area contributed by atoms with E-state index in [9.17, 15) is 9.90 Å². The van der Waals surface area contributed by atoms with E-state index >= 15 is 0 Å². The Morgan fingerprint density at radius 3 is 3.08 bits per heavy atom. The summed E-state index contributed by atoms with van der Waals surface area (Å²) >= 11 is 0. The Bertz CT molecular complexity index is 217. The summed E-state index contributed by atoms with van der Waals surface area (Å²) in [4.78, 5) is 13.1. The Morgan fingerprint density at radius 1 is 1.67 bits per heavy atom. The summed E-state index contributed by atoms with van der Waals surface area (Å²) in [5, 5.41) is 10.2. The molecule has 2 fully saturated rings. The van der Waals surface area contributed by atoms with Gasteiger partial charge in [-0.25, -0.2) is 0 Å². The fourth-order valence-corrected chi connectivity index (χ4v) is 2.37. The summed E-state index contributed by atoms with van der Waals surface area (Å²) in [5.74, 6) is 0.384. The molecule has 0 aliphatic carbocycles. The Kier molecular flexibility index (Phi) is 1.65. The summed E-state index contributed by atoms with van der Waals surface area (Å²) < 4.78 is 0. The lowest BCUT2D eigenvalue weighted by Crippen LogP contribution is -2.52. The van der Waals surface area contributed by atoms with Crippen molar-refractivity contribution < 1.29 is 9.90 Å². The molecule has 3 nitrogen and oxygen atoms in total. The summed E-state index contributed by atoms with van der Waals surface area (Å²) in [7, 11) is 0. The molecule has 2 aliphatic heterocycles. The number of carbonyl (C=O) groups excluding carboxylic acids is 1. The van der Waals surface area contributed by atoms with Crippen LogP contribution in [0.15, 0.2) is 0 Å². The van der Waals surface area contributed by atoms with E-state index in [1.165, 1.54) is 0 Å². The third-order valence-electron chi connectivity index (χ3n) is 3.28. The van der Waals surface area contributed by atoms with Gasteiger partial charge in [0.2, 0.25) is 5.91 Å². The first-order chi connectivity index (χ1) is 5.64. The topological polar surface area (TPSA) is 40.5 Å². The van der Waals surface area contributed by atoms with Gasteiger partial charge >= 0.3 is 0 Å². The summed E-state index contributed by atoms with van der Waals surface area (Å²) in [6, 6.07) is 0. The zero-order valence-corrected chi connectivity index (χ0v) is 7.42. The van der Waals surface area contributed by atoms with Crippen LogP contribution < -0.4 is 0 Å². The number of amides is 1. The minimum Gasteiger partial charge on any atom is -0.370 e. The highest BCUT2D eigenvalue weighted by atomic mass is 16.3. The van der Waals surface area contributed by atoms with Crippen LogP contribution in [-0.4, -0.2) is 28.2 Å². The molecule has 3 heteroatoms. The van der Waals surface area contributed by atoms with Crippen LogP contribution in [0.4, 0.5) is 0 Å². The standard InChI is InChI=1S/C9H15NO2/c1-7-4-6-10-8(11)3-2-5-9(7,10)12/h7,12H,2-6H2,1H3. The third kappa shape index (κ3) is 0.891. The smallest absolute Gasteiger partial charge is 0.224 e. The largest absolute Gasteiger partial charge is 0.370 e. The van der Waals surface area contributed by atoms with E-state index in [2.05, 4.69) is 0 Å². The van der Waals surface area contributed by atoms with Gasteiger partial charge in [-0.05, 0) is 19.3 Å². The summed E-state index contributed by atoms with van der Waals surface area (Å²) in [5.41, 5.74) is -0.796. The van der Waals surface area contributed by atoms with E-state index in [0.717, 1.165) is 25.8 Å². The zero-order valence-electron chi connectivity index (χ0n) is 7.42. The monoisotopic (exact) mass is 169 g/mol. The molecule has 0 aromatic heterocycles. The van der Waals surface area contributed by atoms with Crippen LogP contribution >= 0.6 is 0 Å².